The Morgan fingerprint density at radius 2 is 1.81 bits per heavy atom. The van der Waals surface area contributed by atoms with Gasteiger partial charge in [0, 0.05) is 0 Å². The van der Waals surface area contributed by atoms with Gasteiger partial charge in [-0.3, -0.25) is 0 Å². The second-order valence-corrected chi connectivity index (χ2v) is 14.6. The summed E-state index contributed by atoms with van der Waals surface area (Å²) in [6, 6.07) is 8.98. The van der Waals surface area contributed by atoms with Gasteiger partial charge in [-0.15, -0.1) is 0 Å². The van der Waals surface area contributed by atoms with Gasteiger partial charge >= 0.3 is 190 Å². The Labute approximate surface area is 190 Å². The van der Waals surface area contributed by atoms with E-state index in [-0.39, 0.29) is 17.2 Å². The third-order valence-electron chi connectivity index (χ3n) is 5.83. The van der Waals surface area contributed by atoms with Crippen molar-refractivity contribution in [2.45, 2.75) is 71.4 Å². The molecule has 2 heterocycles. The number of ether oxygens (including phenoxy) is 2. The van der Waals surface area contributed by atoms with Crippen molar-refractivity contribution in [3.63, 3.8) is 0 Å². The Morgan fingerprint density at radius 1 is 1.16 bits per heavy atom. The molecule has 0 aromatic heterocycles. The molecule has 0 amide bonds. The standard InChI is InChI=1S/C19H29O11SSe/c1-19(10-20)17(24)12(21)8-32(19)9-13-16(30-31(25,26)27)14(22)15(23)18(29-13)28-7-11-5-3-2-4-6-11/h2-6,12-18,20-24H,7-10H2,1H3,(H,25,26,27)/t12-,13-,14-,15-,16+,17+,18-,19-/m1/s1. The molecule has 0 unspecified atom stereocenters. The predicted molar refractivity (Wildman–Crippen MR) is 111 cm³/mol. The summed E-state index contributed by atoms with van der Waals surface area (Å²) in [4.78, 5) is 0. The number of rotatable bonds is 8. The van der Waals surface area contributed by atoms with Crippen molar-refractivity contribution in [1.29, 1.82) is 0 Å². The molecule has 2 aliphatic rings. The van der Waals surface area contributed by atoms with Gasteiger partial charge in [0.25, 0.3) is 0 Å². The maximum atomic E-state index is 11.4. The first-order chi connectivity index (χ1) is 15.0. The maximum absolute atomic E-state index is 11.4. The summed E-state index contributed by atoms with van der Waals surface area (Å²) < 4.78 is 46.9. The van der Waals surface area contributed by atoms with Gasteiger partial charge in [-0.2, -0.15) is 0 Å². The number of benzene rings is 1. The van der Waals surface area contributed by atoms with Crippen LogP contribution in [-0.4, -0.2) is 102 Å². The van der Waals surface area contributed by atoms with Crippen LogP contribution in [0.4, 0.5) is 0 Å². The monoisotopic (exact) mass is 545 g/mol. The summed E-state index contributed by atoms with van der Waals surface area (Å²) in [5.41, 5.74) is 0.772. The molecular weight excluding hydrogens is 515 g/mol. The summed E-state index contributed by atoms with van der Waals surface area (Å²) in [5, 5.41) is 51.5. The summed E-state index contributed by atoms with van der Waals surface area (Å²) >= 11 is -2.07. The Balaban J connectivity index is 1.81. The van der Waals surface area contributed by atoms with Crippen LogP contribution in [0.1, 0.15) is 12.5 Å². The Bertz CT molecular complexity index is 856. The van der Waals surface area contributed by atoms with Crippen molar-refractivity contribution in [2.75, 3.05) is 6.61 Å². The topological polar surface area (TPSA) is 183 Å². The molecular formula is C19H29O11SSe. The van der Waals surface area contributed by atoms with E-state index in [0.717, 1.165) is 5.56 Å². The van der Waals surface area contributed by atoms with Crippen LogP contribution in [0.5, 0.6) is 0 Å². The third-order valence-corrected chi connectivity index (χ3v) is 12.9. The fraction of sp³-hybridized carbons (Fsp3) is 0.684. The molecule has 2 aliphatic heterocycles. The van der Waals surface area contributed by atoms with Crippen LogP contribution in [-0.2, 0) is 30.7 Å². The Morgan fingerprint density at radius 3 is 2.41 bits per heavy atom. The molecule has 2 fully saturated rings. The van der Waals surface area contributed by atoms with Gasteiger partial charge in [-0.05, 0) is 0 Å². The van der Waals surface area contributed by atoms with E-state index in [1.165, 1.54) is 0 Å². The first-order valence-corrected chi connectivity index (χ1v) is 14.6. The normalized spacial score (nSPS) is 38.8. The second kappa shape index (κ2) is 10.3. The van der Waals surface area contributed by atoms with Crippen LogP contribution >= 0.6 is 0 Å². The van der Waals surface area contributed by atoms with E-state index < -0.39 is 78.1 Å². The van der Waals surface area contributed by atoms with E-state index in [1.54, 1.807) is 31.2 Å². The Hall–Kier alpha value is -0.671. The molecule has 0 aliphatic carbocycles. The molecule has 1 aromatic carbocycles. The van der Waals surface area contributed by atoms with Gasteiger partial charge in [0.2, 0.25) is 0 Å². The van der Waals surface area contributed by atoms with Crippen molar-refractivity contribution < 1.29 is 52.2 Å². The van der Waals surface area contributed by atoms with Crippen LogP contribution < -0.4 is 0 Å². The summed E-state index contributed by atoms with van der Waals surface area (Å²) in [6.45, 7) is 1.25. The first kappa shape index (κ1) is 25.9. The minimum atomic E-state index is -5.00. The molecule has 2 saturated heterocycles. The zero-order valence-corrected chi connectivity index (χ0v) is 19.8. The fourth-order valence-electron chi connectivity index (χ4n) is 3.90. The van der Waals surface area contributed by atoms with E-state index in [1.807, 2.05) is 6.07 Å². The zero-order valence-electron chi connectivity index (χ0n) is 17.3. The van der Waals surface area contributed by atoms with Crippen molar-refractivity contribution in [2.24, 2.45) is 0 Å². The van der Waals surface area contributed by atoms with Crippen LogP contribution in [0.2, 0.25) is 15.0 Å². The molecule has 183 valence electrons. The summed E-state index contributed by atoms with van der Waals surface area (Å²) in [5.74, 6) is 0. The van der Waals surface area contributed by atoms with Crippen molar-refractivity contribution >= 4 is 24.3 Å². The summed E-state index contributed by atoms with van der Waals surface area (Å²) in [7, 11) is -5.00. The van der Waals surface area contributed by atoms with Crippen molar-refractivity contribution in [3.8, 4) is 0 Å². The average Bonchev–Trinajstić information content (AvgIpc) is 2.96. The van der Waals surface area contributed by atoms with E-state index in [0.29, 0.717) is 0 Å². The number of aliphatic hydroxyl groups excluding tert-OH is 5. The predicted octanol–water partition coefficient (Wildman–Crippen LogP) is -1.18. The van der Waals surface area contributed by atoms with Gasteiger partial charge in [0.05, 0.1) is 0 Å². The molecule has 0 spiro atoms. The third kappa shape index (κ3) is 5.69. The molecule has 1 radical (unpaired) electrons. The molecule has 8 atom stereocenters. The number of hydrogen-bond donors (Lipinski definition) is 6. The first-order valence-electron chi connectivity index (χ1n) is 9.93. The average molecular weight is 544 g/mol. The van der Waals surface area contributed by atoms with E-state index in [2.05, 4.69) is 4.18 Å². The van der Waals surface area contributed by atoms with Crippen LogP contribution in [0.3, 0.4) is 0 Å². The molecule has 1 aromatic rings. The zero-order chi connectivity index (χ0) is 23.7. The van der Waals surface area contributed by atoms with E-state index in [4.69, 9.17) is 14.0 Å². The van der Waals surface area contributed by atoms with E-state index >= 15 is 0 Å². The molecule has 0 saturated carbocycles. The van der Waals surface area contributed by atoms with Crippen molar-refractivity contribution in [1.82, 2.24) is 0 Å². The summed E-state index contributed by atoms with van der Waals surface area (Å²) in [6.07, 6.45) is -9.85. The molecule has 13 heteroatoms. The quantitative estimate of drug-likeness (QED) is 0.171. The van der Waals surface area contributed by atoms with Crippen LogP contribution in [0, 0.1) is 0 Å². The van der Waals surface area contributed by atoms with Crippen LogP contribution in [0.25, 0.3) is 0 Å². The van der Waals surface area contributed by atoms with Gasteiger partial charge in [-0.1, -0.05) is 0 Å². The fourth-order valence-corrected chi connectivity index (χ4v) is 10.4. The van der Waals surface area contributed by atoms with Crippen molar-refractivity contribution in [3.05, 3.63) is 35.9 Å². The van der Waals surface area contributed by atoms with Gasteiger partial charge in [-0.25, -0.2) is 0 Å². The second-order valence-electron chi connectivity index (χ2n) is 8.12. The molecule has 32 heavy (non-hydrogen) atoms. The van der Waals surface area contributed by atoms with Gasteiger partial charge in [0.1, 0.15) is 0 Å². The van der Waals surface area contributed by atoms with Crippen LogP contribution in [0.15, 0.2) is 30.3 Å². The number of hydrogen-bond acceptors (Lipinski definition) is 10. The molecule has 11 nitrogen and oxygen atoms in total. The minimum absolute atomic E-state index is 0.0390. The van der Waals surface area contributed by atoms with Gasteiger partial charge in [0.15, 0.2) is 0 Å². The number of aliphatic hydroxyl groups is 5. The Kier molecular flexibility index (Phi) is 8.35. The molecule has 3 rings (SSSR count). The van der Waals surface area contributed by atoms with Gasteiger partial charge < -0.3 is 0 Å². The van der Waals surface area contributed by atoms with E-state index in [9.17, 15) is 34.0 Å². The molecule has 6 N–H and O–H groups in total. The molecule has 0 bridgehead atoms. The SMILES string of the molecule is C[C@@]1(CO)[C@@H](O)[C@H](O)C[Se]1C[C@H]1O[C@@H](OCc2ccccc2)[C@H](O)[C@@H](O)[C@H]1OS(=O)(=O)O.